The maximum Gasteiger partial charge on any atom is 0.225 e. The number of amides is 1. The Morgan fingerprint density at radius 1 is 0.893 bits per heavy atom. The van der Waals surface area contributed by atoms with Gasteiger partial charge in [-0.25, -0.2) is 0 Å². The number of carbonyl (C=O) groups excluding carboxylic acids is 1. The molecule has 2 aliphatic rings. The number of rotatable bonds is 4. The number of hydrogen-bond donors (Lipinski definition) is 2. The molecular weight excluding hydrogens is 393 g/mol. The molecule has 6 heteroatoms. The van der Waals surface area contributed by atoms with Gasteiger partial charge in [-0.15, -0.1) is 24.8 Å². The van der Waals surface area contributed by atoms with Crippen LogP contribution in [0.25, 0.3) is 0 Å². The summed E-state index contributed by atoms with van der Waals surface area (Å²) in [5, 5.41) is 6.73. The fraction of sp³-hybridized carbons (Fsp3) is 0.409. The highest BCUT2D eigenvalue weighted by Gasteiger charge is 2.35. The number of nitrogens with zero attached hydrogens (tertiary/aromatic N) is 1. The predicted molar refractivity (Wildman–Crippen MR) is 120 cm³/mol. The molecule has 1 amide bonds. The molecule has 2 fully saturated rings. The van der Waals surface area contributed by atoms with Crippen LogP contribution in [0.1, 0.15) is 24.3 Å². The maximum atomic E-state index is 12.9. The van der Waals surface area contributed by atoms with E-state index in [-0.39, 0.29) is 42.6 Å². The molecule has 4 nitrogen and oxygen atoms in total. The van der Waals surface area contributed by atoms with E-state index in [2.05, 4.69) is 70.1 Å². The summed E-state index contributed by atoms with van der Waals surface area (Å²) < 4.78 is 0. The number of carbonyl (C=O) groups is 1. The highest BCUT2D eigenvalue weighted by molar-refractivity contribution is 5.85. The standard InChI is InChI=1S/C22H27N3O.2ClH/c26-22(21-16-23-15-20(21)17-7-3-1-4-8-17)24-18-11-13-25(14-12-18)19-9-5-2-6-10-19;;/h1-10,18,20-21,23H,11-16H2,(H,24,26);2*1H. The van der Waals surface area contributed by atoms with Crippen molar-refractivity contribution < 1.29 is 4.79 Å². The number of benzene rings is 2. The molecule has 2 saturated heterocycles. The normalized spacial score (nSPS) is 22.1. The van der Waals surface area contributed by atoms with Gasteiger partial charge in [0.15, 0.2) is 0 Å². The van der Waals surface area contributed by atoms with Crippen molar-refractivity contribution in [3.8, 4) is 0 Å². The smallest absolute Gasteiger partial charge is 0.225 e. The zero-order valence-corrected chi connectivity index (χ0v) is 17.6. The SMILES string of the molecule is Cl.Cl.O=C(NC1CCN(c2ccccc2)CC1)C1CNCC1c1ccccc1. The van der Waals surface area contributed by atoms with Crippen molar-refractivity contribution >= 4 is 36.4 Å². The Labute approximate surface area is 179 Å². The summed E-state index contributed by atoms with van der Waals surface area (Å²) in [6.45, 7) is 3.66. The van der Waals surface area contributed by atoms with Crippen molar-refractivity contribution in [2.45, 2.75) is 24.8 Å². The second-order valence-electron chi connectivity index (χ2n) is 7.39. The molecule has 2 aromatic carbocycles. The van der Waals surface area contributed by atoms with Crippen LogP contribution in [0.2, 0.25) is 0 Å². The van der Waals surface area contributed by atoms with E-state index in [1.54, 1.807) is 0 Å². The molecule has 0 saturated carbocycles. The van der Waals surface area contributed by atoms with Crippen LogP contribution >= 0.6 is 24.8 Å². The van der Waals surface area contributed by atoms with Gasteiger partial charge >= 0.3 is 0 Å². The fourth-order valence-corrected chi connectivity index (χ4v) is 4.23. The summed E-state index contributed by atoms with van der Waals surface area (Å²) in [5.74, 6) is 0.521. The Balaban J connectivity index is 0.00000140. The molecule has 0 spiro atoms. The highest BCUT2D eigenvalue weighted by Crippen LogP contribution is 2.28. The van der Waals surface area contributed by atoms with Gasteiger partial charge in [-0.2, -0.15) is 0 Å². The summed E-state index contributed by atoms with van der Waals surface area (Å²) in [6.07, 6.45) is 2.02. The zero-order chi connectivity index (χ0) is 17.8. The van der Waals surface area contributed by atoms with Crippen LogP contribution in [-0.4, -0.2) is 38.1 Å². The molecule has 2 heterocycles. The largest absolute Gasteiger partial charge is 0.371 e. The summed E-state index contributed by atoms with van der Waals surface area (Å²) in [7, 11) is 0. The Morgan fingerprint density at radius 2 is 1.50 bits per heavy atom. The fourth-order valence-electron chi connectivity index (χ4n) is 4.23. The summed E-state index contributed by atoms with van der Waals surface area (Å²) in [6, 6.07) is 21.2. The lowest BCUT2D eigenvalue weighted by Crippen LogP contribution is -2.47. The third-order valence-electron chi connectivity index (χ3n) is 5.74. The van der Waals surface area contributed by atoms with Crippen molar-refractivity contribution in [3.05, 3.63) is 66.2 Å². The molecule has 152 valence electrons. The molecule has 0 aliphatic carbocycles. The Bertz CT molecular complexity index is 721. The van der Waals surface area contributed by atoms with Crippen molar-refractivity contribution in [1.82, 2.24) is 10.6 Å². The van der Waals surface area contributed by atoms with Crippen LogP contribution in [0, 0.1) is 5.92 Å². The molecule has 2 aliphatic heterocycles. The van der Waals surface area contributed by atoms with Gasteiger partial charge < -0.3 is 15.5 Å². The van der Waals surface area contributed by atoms with Gasteiger partial charge in [0.1, 0.15) is 0 Å². The van der Waals surface area contributed by atoms with E-state index in [0.29, 0.717) is 6.04 Å². The minimum absolute atomic E-state index is 0. The van der Waals surface area contributed by atoms with Gasteiger partial charge in [-0.05, 0) is 30.5 Å². The number of hydrogen-bond acceptors (Lipinski definition) is 3. The van der Waals surface area contributed by atoms with E-state index in [9.17, 15) is 4.79 Å². The molecule has 2 aromatic rings. The van der Waals surface area contributed by atoms with Crippen molar-refractivity contribution in [3.63, 3.8) is 0 Å². The van der Waals surface area contributed by atoms with Gasteiger partial charge in [0.2, 0.25) is 5.91 Å². The number of halogens is 2. The number of piperidine rings is 1. The Hall–Kier alpha value is -1.75. The van der Waals surface area contributed by atoms with Crippen LogP contribution in [0.5, 0.6) is 0 Å². The number of anilines is 1. The van der Waals surface area contributed by atoms with Crippen LogP contribution < -0.4 is 15.5 Å². The molecule has 0 radical (unpaired) electrons. The number of nitrogens with one attached hydrogen (secondary N) is 2. The minimum Gasteiger partial charge on any atom is -0.371 e. The molecular formula is C22H29Cl2N3O. The van der Waals surface area contributed by atoms with E-state index < -0.39 is 0 Å². The van der Waals surface area contributed by atoms with Crippen LogP contribution in [-0.2, 0) is 4.79 Å². The summed E-state index contributed by atoms with van der Waals surface area (Å²) >= 11 is 0. The average Bonchev–Trinajstić information content (AvgIpc) is 3.20. The first-order valence-electron chi connectivity index (χ1n) is 9.67. The van der Waals surface area contributed by atoms with Gasteiger partial charge in [0.05, 0.1) is 5.92 Å². The van der Waals surface area contributed by atoms with Crippen LogP contribution in [0.3, 0.4) is 0 Å². The van der Waals surface area contributed by atoms with E-state index >= 15 is 0 Å². The average molecular weight is 422 g/mol. The quantitative estimate of drug-likeness (QED) is 0.791. The molecule has 28 heavy (non-hydrogen) atoms. The van der Waals surface area contributed by atoms with Crippen molar-refractivity contribution in [2.75, 3.05) is 31.1 Å². The molecule has 2 N–H and O–H groups in total. The van der Waals surface area contributed by atoms with Crippen molar-refractivity contribution in [2.24, 2.45) is 5.92 Å². The van der Waals surface area contributed by atoms with E-state index in [0.717, 1.165) is 39.0 Å². The van der Waals surface area contributed by atoms with Gasteiger partial charge in [-0.1, -0.05) is 48.5 Å². The summed E-state index contributed by atoms with van der Waals surface area (Å²) in [5.41, 5.74) is 2.54. The van der Waals surface area contributed by atoms with Crippen LogP contribution in [0.4, 0.5) is 5.69 Å². The van der Waals surface area contributed by atoms with Gasteiger partial charge in [0.25, 0.3) is 0 Å². The number of para-hydroxylation sites is 1. The predicted octanol–water partition coefficient (Wildman–Crippen LogP) is 3.62. The van der Waals surface area contributed by atoms with Gasteiger partial charge in [0, 0.05) is 43.8 Å². The first-order valence-corrected chi connectivity index (χ1v) is 9.67. The third-order valence-corrected chi connectivity index (χ3v) is 5.74. The Kier molecular flexibility index (Phi) is 8.61. The lowest BCUT2D eigenvalue weighted by molar-refractivity contribution is -0.125. The Morgan fingerprint density at radius 3 is 2.14 bits per heavy atom. The van der Waals surface area contributed by atoms with E-state index in [1.807, 2.05) is 6.07 Å². The lowest BCUT2D eigenvalue weighted by Gasteiger charge is -2.34. The molecule has 4 rings (SSSR count). The maximum absolute atomic E-state index is 12.9. The molecule has 0 bridgehead atoms. The third kappa shape index (κ3) is 5.19. The first-order chi connectivity index (χ1) is 12.8. The van der Waals surface area contributed by atoms with Crippen LogP contribution in [0.15, 0.2) is 60.7 Å². The monoisotopic (exact) mass is 421 g/mol. The second kappa shape index (κ2) is 10.7. The lowest BCUT2D eigenvalue weighted by atomic mass is 9.88. The molecule has 0 aromatic heterocycles. The summed E-state index contributed by atoms with van der Waals surface area (Å²) in [4.78, 5) is 15.3. The highest BCUT2D eigenvalue weighted by atomic mass is 35.5. The van der Waals surface area contributed by atoms with Crippen molar-refractivity contribution in [1.29, 1.82) is 0 Å². The van der Waals surface area contributed by atoms with E-state index in [4.69, 9.17) is 0 Å². The minimum atomic E-state index is 0. The molecule has 2 unspecified atom stereocenters. The zero-order valence-electron chi connectivity index (χ0n) is 15.9. The molecule has 2 atom stereocenters. The second-order valence-corrected chi connectivity index (χ2v) is 7.39. The van der Waals surface area contributed by atoms with E-state index in [1.165, 1.54) is 11.3 Å². The first kappa shape index (κ1) is 22.5. The topological polar surface area (TPSA) is 44.4 Å². The van der Waals surface area contributed by atoms with Gasteiger partial charge in [-0.3, -0.25) is 4.79 Å².